The van der Waals surface area contributed by atoms with Gasteiger partial charge in [0.05, 0.1) is 0 Å². The third-order valence-electron chi connectivity index (χ3n) is 2.03. The summed E-state index contributed by atoms with van der Waals surface area (Å²) in [5.41, 5.74) is 2.18. The van der Waals surface area contributed by atoms with Crippen LogP contribution in [0.15, 0.2) is 12.3 Å². The van der Waals surface area contributed by atoms with Crippen molar-refractivity contribution in [2.45, 2.75) is 13.8 Å². The van der Waals surface area contributed by atoms with Crippen LogP contribution in [0.5, 0.6) is 0 Å². The van der Waals surface area contributed by atoms with Gasteiger partial charge in [0.15, 0.2) is 0 Å². The minimum atomic E-state index is 0.627. The van der Waals surface area contributed by atoms with Crippen molar-refractivity contribution in [1.82, 2.24) is 13.2 Å². The molecule has 0 spiro atoms. The Morgan fingerprint density at radius 2 is 2.08 bits per heavy atom. The Kier molecular flexibility index (Phi) is 1.73. The van der Waals surface area contributed by atoms with E-state index in [0.717, 1.165) is 17.2 Å². The molecule has 2 aromatic heterocycles. The van der Waals surface area contributed by atoms with Crippen molar-refractivity contribution in [1.29, 1.82) is 0 Å². The molecule has 2 heterocycles. The molecule has 0 atom stereocenters. The molecule has 0 amide bonds. The van der Waals surface area contributed by atoms with E-state index < -0.39 is 0 Å². The van der Waals surface area contributed by atoms with E-state index in [1.807, 2.05) is 13.8 Å². The molecule has 0 aliphatic heterocycles. The van der Waals surface area contributed by atoms with Gasteiger partial charge in [-0.25, -0.2) is 0 Å². The predicted molar refractivity (Wildman–Crippen MR) is 50.9 cm³/mol. The van der Waals surface area contributed by atoms with Crippen LogP contribution in [0.25, 0.3) is 11.0 Å². The van der Waals surface area contributed by atoms with Crippen molar-refractivity contribution < 1.29 is 0 Å². The zero-order chi connectivity index (χ0) is 8.72. The first-order valence-electron chi connectivity index (χ1n) is 3.95. The van der Waals surface area contributed by atoms with Gasteiger partial charge in [-0.05, 0) is 0 Å². The van der Waals surface area contributed by atoms with Crippen LogP contribution in [-0.4, -0.2) is 32.1 Å². The molecule has 0 bridgehead atoms. The zero-order valence-electron chi connectivity index (χ0n) is 7.50. The monoisotopic (exact) mass is 217 g/mol. The van der Waals surface area contributed by atoms with E-state index >= 15 is 0 Å². The molecule has 60 valence electrons. The molecule has 0 radical (unpaired) electrons. The molecule has 3 nitrogen and oxygen atoms in total. The summed E-state index contributed by atoms with van der Waals surface area (Å²) < 4.78 is 2.20. The van der Waals surface area contributed by atoms with E-state index in [9.17, 15) is 0 Å². The van der Waals surface area contributed by atoms with Crippen molar-refractivity contribution in [3.05, 3.63) is 23.8 Å². The molecule has 0 saturated heterocycles. The molecule has 0 aliphatic carbocycles. The molecule has 0 N–H and O–H groups in total. The number of aryl methyl sites for hydroxylation is 2. The normalized spacial score (nSPS) is 10.8. The maximum absolute atomic E-state index is 4.39. The van der Waals surface area contributed by atoms with Gasteiger partial charge < -0.3 is 0 Å². The number of hydrogen-bond acceptors (Lipinski definition) is 2. The number of fused-ring (bicyclic) bond motifs is 1. The third kappa shape index (κ3) is 1.07. The number of aromatic nitrogens is 3. The second-order valence-electron chi connectivity index (χ2n) is 3.02. The third-order valence-corrected chi connectivity index (χ3v) is 3.54. The Bertz CT molecular complexity index is 433. The summed E-state index contributed by atoms with van der Waals surface area (Å²) in [5, 5.41) is 1.19. The molecular weight excluding hydrogens is 208 g/mol. The Morgan fingerprint density at radius 1 is 1.33 bits per heavy atom. The number of hydrogen-bond donors (Lipinski definition) is 0. The molecule has 0 aromatic carbocycles. The molecular formula is C8H10GaN3. The summed E-state index contributed by atoms with van der Waals surface area (Å²) in [4.78, 5) is 8.71. The summed E-state index contributed by atoms with van der Waals surface area (Å²) in [5.74, 6) is 0.865. The topological polar surface area (TPSA) is 30.7 Å². The first-order chi connectivity index (χ1) is 5.68. The van der Waals surface area contributed by atoms with Crippen LogP contribution in [-0.2, 0) is 0 Å². The van der Waals surface area contributed by atoms with Crippen molar-refractivity contribution in [2.75, 3.05) is 0 Å². The fraction of sp³-hybridized carbons (Fsp3) is 0.250. The van der Waals surface area contributed by atoms with Crippen LogP contribution in [0.1, 0.15) is 11.5 Å². The number of nitrogens with zero attached hydrogens (tertiary/aromatic N) is 3. The van der Waals surface area contributed by atoms with Crippen molar-refractivity contribution in [3.63, 3.8) is 0 Å². The quantitative estimate of drug-likeness (QED) is 0.600. The van der Waals surface area contributed by atoms with E-state index in [1.54, 1.807) is 0 Å². The molecule has 12 heavy (non-hydrogen) atoms. The van der Waals surface area contributed by atoms with Gasteiger partial charge in [-0.2, -0.15) is 0 Å². The van der Waals surface area contributed by atoms with Crippen molar-refractivity contribution >= 4 is 29.9 Å². The molecule has 4 heteroatoms. The Hall–Kier alpha value is -0.744. The molecule has 2 rings (SSSR count). The predicted octanol–water partition coefficient (Wildman–Crippen LogP) is 0.444. The fourth-order valence-corrected chi connectivity index (χ4v) is 2.45. The first kappa shape index (κ1) is 7.88. The fourth-order valence-electron chi connectivity index (χ4n) is 1.42. The minimum absolute atomic E-state index is 0.627. The van der Waals surface area contributed by atoms with Crippen LogP contribution in [0, 0.1) is 13.8 Å². The summed E-state index contributed by atoms with van der Waals surface area (Å²) in [6.07, 6.45) is 2.09. The first-order valence-corrected chi connectivity index (χ1v) is 5.82. The van der Waals surface area contributed by atoms with Gasteiger partial charge in [-0.1, -0.05) is 0 Å². The van der Waals surface area contributed by atoms with Crippen LogP contribution < -0.4 is 0 Å². The summed E-state index contributed by atoms with van der Waals surface area (Å²) in [7, 11) is 0. The van der Waals surface area contributed by atoms with Crippen molar-refractivity contribution in [3.8, 4) is 0 Å². The standard InChI is InChI=1S/C8H8N3.Ga.2H/c1-5-7-3-4-9-8(7)11-6(2)10-5;;;/h3-4H,1-2H3;;;/q-1;+1;;. The molecule has 0 aliphatic rings. The van der Waals surface area contributed by atoms with Gasteiger partial charge >= 0.3 is 80.7 Å². The Morgan fingerprint density at radius 3 is 2.83 bits per heavy atom. The molecule has 0 saturated carbocycles. The van der Waals surface area contributed by atoms with E-state index in [1.165, 1.54) is 5.39 Å². The van der Waals surface area contributed by atoms with Crippen LogP contribution >= 0.6 is 0 Å². The van der Waals surface area contributed by atoms with E-state index in [4.69, 9.17) is 0 Å². The second kappa shape index (κ2) is 2.64. The molecule has 0 fully saturated rings. The van der Waals surface area contributed by atoms with Gasteiger partial charge in [0, 0.05) is 0 Å². The maximum atomic E-state index is 4.39. The Balaban J connectivity index is 2.92. The summed E-state index contributed by atoms with van der Waals surface area (Å²) in [6, 6.07) is 2.09. The Labute approximate surface area is 81.0 Å². The average Bonchev–Trinajstić information content (AvgIpc) is 2.33. The van der Waals surface area contributed by atoms with Crippen molar-refractivity contribution in [2.24, 2.45) is 0 Å². The number of rotatable bonds is 0. The van der Waals surface area contributed by atoms with Crippen LogP contribution in [0.3, 0.4) is 0 Å². The van der Waals surface area contributed by atoms with E-state index in [0.29, 0.717) is 18.8 Å². The van der Waals surface area contributed by atoms with Gasteiger partial charge in [-0.15, -0.1) is 0 Å². The summed E-state index contributed by atoms with van der Waals surface area (Å²) in [6.45, 7) is 3.97. The SMILES string of the molecule is Cc1nc(C)c2cc[n]([GaH2])c2n1. The van der Waals surface area contributed by atoms with E-state index in [2.05, 4.69) is 25.5 Å². The van der Waals surface area contributed by atoms with Gasteiger partial charge in [0.2, 0.25) is 0 Å². The summed E-state index contributed by atoms with van der Waals surface area (Å²) >= 11 is 0.627. The molecule has 2 aromatic rings. The zero-order valence-corrected chi connectivity index (χ0v) is 11.7. The van der Waals surface area contributed by atoms with Crippen LogP contribution in [0.2, 0.25) is 0 Å². The van der Waals surface area contributed by atoms with E-state index in [-0.39, 0.29) is 0 Å². The van der Waals surface area contributed by atoms with Gasteiger partial charge in [0.1, 0.15) is 0 Å². The van der Waals surface area contributed by atoms with Gasteiger partial charge in [0.25, 0.3) is 0 Å². The molecule has 0 unspecified atom stereocenters. The second-order valence-corrected chi connectivity index (χ2v) is 5.04. The van der Waals surface area contributed by atoms with Gasteiger partial charge in [-0.3, -0.25) is 0 Å². The van der Waals surface area contributed by atoms with Crippen LogP contribution in [0.4, 0.5) is 0 Å². The average molecular weight is 218 g/mol.